The molecule has 1 aromatic carbocycles. The van der Waals surface area contributed by atoms with E-state index in [1.807, 2.05) is 13.1 Å². The van der Waals surface area contributed by atoms with E-state index in [9.17, 15) is 0 Å². The number of rotatable bonds is 3. The van der Waals surface area contributed by atoms with Crippen LogP contribution in [0.4, 0.5) is 0 Å². The van der Waals surface area contributed by atoms with Gasteiger partial charge in [0.2, 0.25) is 0 Å². The molecular weight excluding hydrogens is 188 g/mol. The third-order valence-electron chi connectivity index (χ3n) is 2.34. The van der Waals surface area contributed by atoms with E-state index in [-0.39, 0.29) is 0 Å². The summed E-state index contributed by atoms with van der Waals surface area (Å²) in [6.07, 6.45) is 0. The predicted molar refractivity (Wildman–Crippen MR) is 60.9 cm³/mol. The number of hydrogen-bond acceptors (Lipinski definition) is 3. The van der Waals surface area contributed by atoms with Crippen LogP contribution in [0.5, 0.6) is 0 Å². The highest BCUT2D eigenvalue weighted by molar-refractivity contribution is 5.73. The van der Waals surface area contributed by atoms with Crippen LogP contribution in [-0.2, 0) is 6.54 Å². The third kappa shape index (κ3) is 2.02. The first-order chi connectivity index (χ1) is 7.20. The first-order valence-electron chi connectivity index (χ1n) is 5.24. The van der Waals surface area contributed by atoms with Crippen molar-refractivity contribution in [3.8, 4) is 0 Å². The molecule has 3 nitrogen and oxygen atoms in total. The molecule has 0 aliphatic carbocycles. The van der Waals surface area contributed by atoms with E-state index in [1.54, 1.807) is 0 Å². The molecule has 15 heavy (non-hydrogen) atoms. The van der Waals surface area contributed by atoms with E-state index in [0.717, 1.165) is 23.5 Å². The van der Waals surface area contributed by atoms with Crippen molar-refractivity contribution in [2.24, 2.45) is 0 Å². The smallest absolute Gasteiger partial charge is 0.198 e. The molecule has 0 atom stereocenters. The van der Waals surface area contributed by atoms with Crippen molar-refractivity contribution in [3.05, 3.63) is 29.7 Å². The molecule has 0 fully saturated rings. The lowest BCUT2D eigenvalue weighted by molar-refractivity contribution is 0.501. The fourth-order valence-corrected chi connectivity index (χ4v) is 1.55. The Hall–Kier alpha value is -1.35. The first-order valence-corrected chi connectivity index (χ1v) is 5.24. The lowest BCUT2D eigenvalue weighted by Gasteiger charge is -1.97. The molecule has 2 rings (SSSR count). The number of fused-ring (bicyclic) bond motifs is 1. The van der Waals surface area contributed by atoms with E-state index in [0.29, 0.717) is 5.92 Å². The van der Waals surface area contributed by atoms with Crippen LogP contribution in [0.25, 0.3) is 11.1 Å². The Labute approximate surface area is 89.5 Å². The molecule has 80 valence electrons. The quantitative estimate of drug-likeness (QED) is 0.835. The summed E-state index contributed by atoms with van der Waals surface area (Å²) in [5.74, 6) is 1.15. The highest BCUT2D eigenvalue weighted by Crippen LogP contribution is 2.21. The topological polar surface area (TPSA) is 38.1 Å². The molecule has 1 aromatic heterocycles. The second-order valence-electron chi connectivity index (χ2n) is 4.04. The molecule has 0 aliphatic rings. The van der Waals surface area contributed by atoms with Gasteiger partial charge in [0.05, 0.1) is 0 Å². The highest BCUT2D eigenvalue weighted by atomic mass is 16.3. The molecule has 0 amide bonds. The average molecular weight is 204 g/mol. The Balaban J connectivity index is 2.43. The molecule has 0 radical (unpaired) electrons. The minimum atomic E-state index is 0.338. The van der Waals surface area contributed by atoms with Crippen LogP contribution in [0.3, 0.4) is 0 Å². The van der Waals surface area contributed by atoms with Gasteiger partial charge in [0.1, 0.15) is 5.52 Å². The Bertz CT molecular complexity index is 460. The Morgan fingerprint density at radius 3 is 2.87 bits per heavy atom. The van der Waals surface area contributed by atoms with Crippen molar-refractivity contribution in [3.63, 3.8) is 0 Å². The lowest BCUT2D eigenvalue weighted by atomic mass is 10.2. The maximum atomic E-state index is 5.63. The maximum Gasteiger partial charge on any atom is 0.198 e. The highest BCUT2D eigenvalue weighted by Gasteiger charge is 2.09. The minimum Gasteiger partial charge on any atom is -0.440 e. The van der Waals surface area contributed by atoms with Gasteiger partial charge in [-0.25, -0.2) is 4.98 Å². The Morgan fingerprint density at radius 2 is 2.20 bits per heavy atom. The summed E-state index contributed by atoms with van der Waals surface area (Å²) in [5.41, 5.74) is 3.05. The zero-order valence-corrected chi connectivity index (χ0v) is 9.37. The zero-order valence-electron chi connectivity index (χ0n) is 9.37. The second kappa shape index (κ2) is 4.03. The monoisotopic (exact) mass is 204 g/mol. The summed E-state index contributed by atoms with van der Waals surface area (Å²) in [4.78, 5) is 4.46. The van der Waals surface area contributed by atoms with Gasteiger partial charge in [-0.1, -0.05) is 19.9 Å². The van der Waals surface area contributed by atoms with Gasteiger partial charge < -0.3 is 9.73 Å². The van der Waals surface area contributed by atoms with Crippen LogP contribution in [0.2, 0.25) is 0 Å². The SMILES string of the molecule is CNCc1ccc2oc(C(C)C)nc2c1. The molecule has 0 aliphatic heterocycles. The van der Waals surface area contributed by atoms with E-state index in [1.165, 1.54) is 5.56 Å². The Morgan fingerprint density at radius 1 is 1.40 bits per heavy atom. The number of nitrogens with one attached hydrogen (secondary N) is 1. The van der Waals surface area contributed by atoms with Gasteiger partial charge in [0, 0.05) is 12.5 Å². The first kappa shape index (κ1) is 10.2. The molecule has 0 bridgehead atoms. The molecule has 2 aromatic rings. The molecule has 3 heteroatoms. The normalized spacial score (nSPS) is 11.5. The minimum absolute atomic E-state index is 0.338. The van der Waals surface area contributed by atoms with Crippen molar-refractivity contribution in [2.45, 2.75) is 26.3 Å². The van der Waals surface area contributed by atoms with E-state index in [2.05, 4.69) is 36.3 Å². The Kier molecular flexibility index (Phi) is 2.73. The average Bonchev–Trinajstić information content (AvgIpc) is 2.61. The van der Waals surface area contributed by atoms with Crippen molar-refractivity contribution in [1.29, 1.82) is 0 Å². The predicted octanol–water partition coefficient (Wildman–Crippen LogP) is 2.67. The fourth-order valence-electron chi connectivity index (χ4n) is 1.55. The van der Waals surface area contributed by atoms with E-state index < -0.39 is 0 Å². The summed E-state index contributed by atoms with van der Waals surface area (Å²) in [5, 5.41) is 3.12. The third-order valence-corrected chi connectivity index (χ3v) is 2.34. The fraction of sp³-hybridized carbons (Fsp3) is 0.417. The zero-order chi connectivity index (χ0) is 10.8. The molecular formula is C12H16N2O. The van der Waals surface area contributed by atoms with Crippen LogP contribution in [0, 0.1) is 0 Å². The number of hydrogen-bond donors (Lipinski definition) is 1. The number of benzene rings is 1. The number of nitrogens with zero attached hydrogens (tertiary/aromatic N) is 1. The summed E-state index contributed by atoms with van der Waals surface area (Å²) in [6.45, 7) is 5.03. The van der Waals surface area contributed by atoms with Crippen LogP contribution in [0.15, 0.2) is 22.6 Å². The lowest BCUT2D eigenvalue weighted by Crippen LogP contribution is -2.04. The molecule has 1 N–H and O–H groups in total. The summed E-state index contributed by atoms with van der Waals surface area (Å²) in [6, 6.07) is 6.12. The standard InChI is InChI=1S/C12H16N2O/c1-8(2)12-14-10-6-9(7-13-3)4-5-11(10)15-12/h4-6,8,13H,7H2,1-3H3. The van der Waals surface area contributed by atoms with Gasteiger partial charge in [-0.2, -0.15) is 0 Å². The van der Waals surface area contributed by atoms with Crippen LogP contribution >= 0.6 is 0 Å². The van der Waals surface area contributed by atoms with Crippen LogP contribution < -0.4 is 5.32 Å². The summed E-state index contributed by atoms with van der Waals surface area (Å²) >= 11 is 0. The molecule has 1 heterocycles. The van der Waals surface area contributed by atoms with Crippen LogP contribution in [0.1, 0.15) is 31.2 Å². The van der Waals surface area contributed by atoms with Gasteiger partial charge in [-0.15, -0.1) is 0 Å². The van der Waals surface area contributed by atoms with Crippen molar-refractivity contribution >= 4 is 11.1 Å². The largest absolute Gasteiger partial charge is 0.440 e. The van der Waals surface area contributed by atoms with E-state index in [4.69, 9.17) is 4.42 Å². The molecule has 0 unspecified atom stereocenters. The van der Waals surface area contributed by atoms with Gasteiger partial charge in [-0.05, 0) is 24.7 Å². The van der Waals surface area contributed by atoms with Gasteiger partial charge >= 0.3 is 0 Å². The molecule has 0 saturated heterocycles. The van der Waals surface area contributed by atoms with Crippen LogP contribution in [-0.4, -0.2) is 12.0 Å². The maximum absolute atomic E-state index is 5.63. The van der Waals surface area contributed by atoms with Crippen molar-refractivity contribution in [1.82, 2.24) is 10.3 Å². The van der Waals surface area contributed by atoms with E-state index >= 15 is 0 Å². The summed E-state index contributed by atoms with van der Waals surface area (Å²) in [7, 11) is 1.94. The number of aromatic nitrogens is 1. The van der Waals surface area contributed by atoms with Gasteiger partial charge in [0.15, 0.2) is 11.5 Å². The van der Waals surface area contributed by atoms with Gasteiger partial charge in [-0.3, -0.25) is 0 Å². The summed E-state index contributed by atoms with van der Waals surface area (Å²) < 4.78 is 5.63. The number of oxazole rings is 1. The second-order valence-corrected chi connectivity index (χ2v) is 4.04. The van der Waals surface area contributed by atoms with Crippen molar-refractivity contribution < 1.29 is 4.42 Å². The molecule has 0 spiro atoms. The van der Waals surface area contributed by atoms with Gasteiger partial charge in [0.25, 0.3) is 0 Å². The van der Waals surface area contributed by atoms with Crippen molar-refractivity contribution in [2.75, 3.05) is 7.05 Å². The molecule has 0 saturated carbocycles.